The fourth-order valence-corrected chi connectivity index (χ4v) is 3.29. The van der Waals surface area contributed by atoms with Gasteiger partial charge in [0.2, 0.25) is 0 Å². The highest BCUT2D eigenvalue weighted by Gasteiger charge is 2.27. The van der Waals surface area contributed by atoms with E-state index < -0.39 is 0 Å². The van der Waals surface area contributed by atoms with Crippen LogP contribution in [-0.2, 0) is 0 Å². The standard InChI is InChI=1S/C10H20N2S/c11-4-3-10-8-12(5-6-13-10)7-9-1-2-9/h9-10H,1-8,11H2. The van der Waals surface area contributed by atoms with E-state index in [0.29, 0.717) is 0 Å². The van der Waals surface area contributed by atoms with Crippen molar-refractivity contribution in [3.05, 3.63) is 0 Å². The molecule has 0 amide bonds. The van der Waals surface area contributed by atoms with Crippen LogP contribution in [0.25, 0.3) is 0 Å². The molecule has 2 nitrogen and oxygen atoms in total. The first-order valence-corrected chi connectivity index (χ1v) is 6.47. The summed E-state index contributed by atoms with van der Waals surface area (Å²) in [7, 11) is 0. The Labute approximate surface area is 85.2 Å². The van der Waals surface area contributed by atoms with Gasteiger partial charge in [0.15, 0.2) is 0 Å². The van der Waals surface area contributed by atoms with Crippen molar-refractivity contribution >= 4 is 11.8 Å². The van der Waals surface area contributed by atoms with E-state index in [-0.39, 0.29) is 0 Å². The van der Waals surface area contributed by atoms with Gasteiger partial charge in [-0.05, 0) is 31.7 Å². The Kier molecular flexibility index (Phi) is 3.52. The minimum absolute atomic E-state index is 0.817. The van der Waals surface area contributed by atoms with Crippen LogP contribution in [0.5, 0.6) is 0 Å². The predicted octanol–water partition coefficient (Wildman–Crippen LogP) is 1.16. The van der Waals surface area contributed by atoms with Crippen LogP contribution in [0.2, 0.25) is 0 Å². The van der Waals surface area contributed by atoms with E-state index in [4.69, 9.17) is 5.73 Å². The number of nitrogens with zero attached hydrogens (tertiary/aromatic N) is 1. The summed E-state index contributed by atoms with van der Waals surface area (Å²) in [6.45, 7) is 4.82. The summed E-state index contributed by atoms with van der Waals surface area (Å²) in [5.74, 6) is 2.36. The summed E-state index contributed by atoms with van der Waals surface area (Å²) < 4.78 is 0. The van der Waals surface area contributed by atoms with Gasteiger partial charge in [0.25, 0.3) is 0 Å². The van der Waals surface area contributed by atoms with Crippen molar-refractivity contribution in [1.82, 2.24) is 4.90 Å². The Bertz CT molecular complexity index is 157. The Morgan fingerprint density at radius 2 is 2.23 bits per heavy atom. The van der Waals surface area contributed by atoms with Crippen molar-refractivity contribution < 1.29 is 0 Å². The molecule has 0 bridgehead atoms. The first kappa shape index (κ1) is 9.81. The number of hydrogen-bond acceptors (Lipinski definition) is 3. The topological polar surface area (TPSA) is 29.3 Å². The second-order valence-corrected chi connectivity index (χ2v) is 5.68. The Balaban J connectivity index is 1.70. The molecule has 0 radical (unpaired) electrons. The van der Waals surface area contributed by atoms with Crippen LogP contribution in [0, 0.1) is 5.92 Å². The number of rotatable bonds is 4. The highest BCUT2D eigenvalue weighted by Crippen LogP contribution is 2.31. The molecule has 0 aromatic carbocycles. The molecular weight excluding hydrogens is 180 g/mol. The van der Waals surface area contributed by atoms with Gasteiger partial charge in [-0.3, -0.25) is 0 Å². The fourth-order valence-electron chi connectivity index (χ4n) is 1.97. The Morgan fingerprint density at radius 1 is 1.38 bits per heavy atom. The molecule has 0 aromatic rings. The van der Waals surface area contributed by atoms with E-state index >= 15 is 0 Å². The Morgan fingerprint density at radius 3 is 2.92 bits per heavy atom. The average Bonchev–Trinajstić information content (AvgIpc) is 2.90. The molecule has 3 heteroatoms. The normalized spacial score (nSPS) is 30.7. The molecule has 2 N–H and O–H groups in total. The van der Waals surface area contributed by atoms with Crippen molar-refractivity contribution in [2.75, 3.05) is 31.9 Å². The summed E-state index contributed by atoms with van der Waals surface area (Å²) in [4.78, 5) is 2.65. The smallest absolute Gasteiger partial charge is 0.0187 e. The van der Waals surface area contributed by atoms with Crippen LogP contribution in [0.3, 0.4) is 0 Å². The number of nitrogens with two attached hydrogens (primary N) is 1. The van der Waals surface area contributed by atoms with Gasteiger partial charge in [-0.15, -0.1) is 0 Å². The summed E-state index contributed by atoms with van der Waals surface area (Å²) in [6.07, 6.45) is 4.15. The largest absolute Gasteiger partial charge is 0.330 e. The van der Waals surface area contributed by atoms with Crippen LogP contribution < -0.4 is 5.73 Å². The maximum Gasteiger partial charge on any atom is 0.0187 e. The van der Waals surface area contributed by atoms with Crippen LogP contribution in [0.15, 0.2) is 0 Å². The third-order valence-electron chi connectivity index (χ3n) is 2.92. The molecule has 1 saturated heterocycles. The van der Waals surface area contributed by atoms with Crippen LogP contribution >= 0.6 is 11.8 Å². The molecule has 1 atom stereocenters. The van der Waals surface area contributed by atoms with Crippen LogP contribution in [0.4, 0.5) is 0 Å². The molecule has 0 spiro atoms. The molecule has 2 rings (SSSR count). The lowest BCUT2D eigenvalue weighted by Gasteiger charge is -2.32. The molecule has 1 heterocycles. The van der Waals surface area contributed by atoms with E-state index in [9.17, 15) is 0 Å². The highest BCUT2D eigenvalue weighted by atomic mass is 32.2. The molecule has 1 aliphatic heterocycles. The lowest BCUT2D eigenvalue weighted by Crippen LogP contribution is -2.39. The zero-order valence-electron chi connectivity index (χ0n) is 8.24. The van der Waals surface area contributed by atoms with Crippen molar-refractivity contribution in [2.45, 2.75) is 24.5 Å². The third kappa shape index (κ3) is 3.15. The van der Waals surface area contributed by atoms with Crippen LogP contribution in [-0.4, -0.2) is 42.1 Å². The van der Waals surface area contributed by atoms with Gasteiger partial charge in [0.1, 0.15) is 0 Å². The first-order chi connectivity index (χ1) is 6.38. The Hall–Kier alpha value is 0.270. The minimum atomic E-state index is 0.817. The lowest BCUT2D eigenvalue weighted by molar-refractivity contribution is 0.269. The minimum Gasteiger partial charge on any atom is -0.330 e. The van der Waals surface area contributed by atoms with E-state index in [0.717, 1.165) is 17.7 Å². The molecule has 1 unspecified atom stereocenters. The van der Waals surface area contributed by atoms with Gasteiger partial charge in [-0.1, -0.05) is 0 Å². The number of hydrogen-bond donors (Lipinski definition) is 1. The van der Waals surface area contributed by atoms with Gasteiger partial charge in [-0.2, -0.15) is 11.8 Å². The van der Waals surface area contributed by atoms with Gasteiger partial charge < -0.3 is 10.6 Å². The summed E-state index contributed by atoms with van der Waals surface area (Å²) in [5.41, 5.74) is 5.59. The lowest BCUT2D eigenvalue weighted by atomic mass is 10.2. The average molecular weight is 200 g/mol. The highest BCUT2D eigenvalue weighted by molar-refractivity contribution is 8.00. The maximum absolute atomic E-state index is 5.59. The van der Waals surface area contributed by atoms with E-state index in [2.05, 4.69) is 16.7 Å². The predicted molar refractivity (Wildman–Crippen MR) is 59.1 cm³/mol. The summed E-state index contributed by atoms with van der Waals surface area (Å²) in [6, 6.07) is 0. The van der Waals surface area contributed by atoms with Crippen LogP contribution in [0.1, 0.15) is 19.3 Å². The summed E-state index contributed by atoms with van der Waals surface area (Å²) in [5, 5.41) is 0.817. The monoisotopic (exact) mass is 200 g/mol. The van der Waals surface area contributed by atoms with Gasteiger partial charge in [0.05, 0.1) is 0 Å². The summed E-state index contributed by atoms with van der Waals surface area (Å²) >= 11 is 2.12. The zero-order chi connectivity index (χ0) is 9.10. The molecule has 1 aliphatic carbocycles. The van der Waals surface area contributed by atoms with Crippen molar-refractivity contribution in [3.8, 4) is 0 Å². The zero-order valence-corrected chi connectivity index (χ0v) is 9.06. The van der Waals surface area contributed by atoms with Crippen molar-refractivity contribution in [1.29, 1.82) is 0 Å². The molecule has 76 valence electrons. The van der Waals surface area contributed by atoms with Crippen molar-refractivity contribution in [2.24, 2.45) is 11.7 Å². The van der Waals surface area contributed by atoms with E-state index in [1.54, 1.807) is 0 Å². The molecule has 1 saturated carbocycles. The molecule has 2 aliphatic rings. The maximum atomic E-state index is 5.59. The second-order valence-electron chi connectivity index (χ2n) is 4.27. The molecule has 2 fully saturated rings. The number of thioether (sulfide) groups is 1. The molecule has 13 heavy (non-hydrogen) atoms. The second kappa shape index (κ2) is 4.67. The van der Waals surface area contributed by atoms with Crippen molar-refractivity contribution in [3.63, 3.8) is 0 Å². The third-order valence-corrected chi connectivity index (χ3v) is 4.20. The SMILES string of the molecule is NCCC1CN(CC2CC2)CCS1. The molecule has 0 aromatic heterocycles. The van der Waals surface area contributed by atoms with Gasteiger partial charge >= 0.3 is 0 Å². The van der Waals surface area contributed by atoms with E-state index in [1.165, 1.54) is 44.6 Å². The first-order valence-electron chi connectivity index (χ1n) is 5.42. The van der Waals surface area contributed by atoms with Gasteiger partial charge in [-0.25, -0.2) is 0 Å². The quantitative estimate of drug-likeness (QED) is 0.738. The molecular formula is C10H20N2S. The fraction of sp³-hybridized carbons (Fsp3) is 1.00. The van der Waals surface area contributed by atoms with Gasteiger partial charge in [0, 0.05) is 30.6 Å². The van der Waals surface area contributed by atoms with E-state index in [1.807, 2.05) is 0 Å².